The topological polar surface area (TPSA) is 131 Å². The Kier molecular flexibility index (Phi) is 3.65. The van der Waals surface area contributed by atoms with E-state index in [-0.39, 0.29) is 30.3 Å². The zero-order valence-electron chi connectivity index (χ0n) is 9.76. The molecule has 2 atom stereocenters. The van der Waals surface area contributed by atoms with Gasteiger partial charge in [-0.05, 0) is 6.42 Å². The third-order valence-corrected chi connectivity index (χ3v) is 3.10. The molecule has 0 spiro atoms. The minimum Gasteiger partial charge on any atom is -0.370 e. The quantitative estimate of drug-likeness (QED) is 0.595. The lowest BCUT2D eigenvalue weighted by atomic mass is 10.0. The van der Waals surface area contributed by atoms with Gasteiger partial charge in [-0.1, -0.05) is 0 Å². The van der Waals surface area contributed by atoms with Crippen LogP contribution in [-0.4, -0.2) is 38.1 Å². The van der Waals surface area contributed by atoms with E-state index in [0.717, 1.165) is 0 Å². The molecule has 0 bridgehead atoms. The molecular formula is C9H12ClN7O2. The maximum Gasteiger partial charge on any atom is 0.189 e. The van der Waals surface area contributed by atoms with Crippen molar-refractivity contribution in [1.82, 2.24) is 25.6 Å². The molecule has 0 radical (unpaired) electrons. The second-order valence-corrected chi connectivity index (χ2v) is 4.13. The maximum absolute atomic E-state index is 7.60. The molecule has 10 heteroatoms. The molecular weight excluding hydrogens is 274 g/mol. The van der Waals surface area contributed by atoms with Crippen molar-refractivity contribution in [2.24, 2.45) is 5.73 Å². The van der Waals surface area contributed by atoms with Gasteiger partial charge in [0.1, 0.15) is 0 Å². The molecule has 0 aromatic carbocycles. The Labute approximate surface area is 114 Å². The molecule has 1 aliphatic rings. The number of rotatable bonds is 2. The van der Waals surface area contributed by atoms with E-state index < -0.39 is 0 Å². The smallest absolute Gasteiger partial charge is 0.189 e. The Hall–Kier alpha value is -2.16. The van der Waals surface area contributed by atoms with Crippen LogP contribution in [0.2, 0.25) is 0 Å². The van der Waals surface area contributed by atoms with Crippen LogP contribution in [-0.2, 0) is 0 Å². The van der Waals surface area contributed by atoms with Crippen LogP contribution in [0.3, 0.4) is 0 Å². The van der Waals surface area contributed by atoms with Crippen LogP contribution in [0.25, 0.3) is 0 Å². The molecule has 0 amide bonds. The number of likely N-dealkylation sites (tertiary alicyclic amines) is 1. The lowest BCUT2D eigenvalue weighted by Gasteiger charge is -2.21. The fourth-order valence-corrected chi connectivity index (χ4v) is 2.25. The van der Waals surface area contributed by atoms with Crippen molar-refractivity contribution >= 4 is 18.4 Å². The van der Waals surface area contributed by atoms with Crippen LogP contribution in [0.15, 0.2) is 21.4 Å². The molecule has 102 valence electrons. The van der Waals surface area contributed by atoms with Crippen LogP contribution in [0.4, 0.5) is 0 Å². The highest BCUT2D eigenvalue weighted by Gasteiger charge is 2.38. The first-order valence-corrected chi connectivity index (χ1v) is 5.41. The average Bonchev–Trinajstić information content (AvgIpc) is 3.10. The highest BCUT2D eigenvalue weighted by atomic mass is 35.5. The number of nitrogens with two attached hydrogens (primary N) is 1. The molecule has 1 aliphatic heterocycles. The van der Waals surface area contributed by atoms with Crippen molar-refractivity contribution < 1.29 is 9.05 Å². The van der Waals surface area contributed by atoms with Gasteiger partial charge in [0.25, 0.3) is 0 Å². The van der Waals surface area contributed by atoms with Gasteiger partial charge in [-0.3, -0.25) is 5.41 Å². The Morgan fingerprint density at radius 3 is 2.42 bits per heavy atom. The molecule has 0 saturated carbocycles. The van der Waals surface area contributed by atoms with Gasteiger partial charge in [0.15, 0.2) is 17.5 Å². The molecule has 2 unspecified atom stereocenters. The summed E-state index contributed by atoms with van der Waals surface area (Å²) >= 11 is 0. The molecule has 2 aromatic rings. The van der Waals surface area contributed by atoms with Gasteiger partial charge in [0, 0.05) is 23.0 Å². The van der Waals surface area contributed by atoms with Crippen molar-refractivity contribution in [2.75, 3.05) is 6.54 Å². The van der Waals surface area contributed by atoms with Crippen LogP contribution >= 0.6 is 12.4 Å². The Balaban J connectivity index is 0.00000133. The second kappa shape index (κ2) is 5.22. The number of guanidine groups is 1. The highest BCUT2D eigenvalue weighted by molar-refractivity contribution is 5.85. The summed E-state index contributed by atoms with van der Waals surface area (Å²) in [6, 6.07) is -0.160. The molecule has 1 saturated heterocycles. The third-order valence-electron chi connectivity index (χ3n) is 3.10. The van der Waals surface area contributed by atoms with Crippen molar-refractivity contribution in [1.29, 1.82) is 5.41 Å². The van der Waals surface area contributed by atoms with Crippen LogP contribution in [0.1, 0.15) is 29.9 Å². The lowest BCUT2D eigenvalue weighted by Crippen LogP contribution is -2.36. The molecule has 19 heavy (non-hydrogen) atoms. The number of hydrogen-bond acceptors (Lipinski definition) is 7. The summed E-state index contributed by atoms with van der Waals surface area (Å²) in [5.74, 6) is 1.31. The second-order valence-electron chi connectivity index (χ2n) is 4.13. The number of aromatic nitrogens is 4. The summed E-state index contributed by atoms with van der Waals surface area (Å²) in [5, 5.41) is 21.8. The standard InChI is InChI=1S/C9H11N7O2.ClH/c10-9(11)16-4-5(7-2-12-14-17-7)1-6(16)8-3-13-15-18-8;/h2-3,5-6H,1,4H2,(H3,10,11);1H. The molecule has 3 rings (SSSR count). The Bertz CT molecular complexity index is 529. The largest absolute Gasteiger partial charge is 0.370 e. The van der Waals surface area contributed by atoms with E-state index in [1.165, 1.54) is 6.20 Å². The summed E-state index contributed by atoms with van der Waals surface area (Å²) < 4.78 is 10.1. The normalized spacial score (nSPS) is 22.2. The van der Waals surface area contributed by atoms with Crippen LogP contribution < -0.4 is 5.73 Å². The van der Waals surface area contributed by atoms with Gasteiger partial charge >= 0.3 is 0 Å². The fourth-order valence-electron chi connectivity index (χ4n) is 2.25. The average molecular weight is 286 g/mol. The first kappa shape index (κ1) is 13.3. The zero-order chi connectivity index (χ0) is 12.5. The predicted molar refractivity (Wildman–Crippen MR) is 64.6 cm³/mol. The minimum atomic E-state index is -0.160. The van der Waals surface area contributed by atoms with Gasteiger partial charge in [-0.2, -0.15) is 0 Å². The maximum atomic E-state index is 7.60. The Morgan fingerprint density at radius 1 is 1.26 bits per heavy atom. The van der Waals surface area contributed by atoms with E-state index in [1.54, 1.807) is 11.1 Å². The summed E-state index contributed by atoms with van der Waals surface area (Å²) in [6.07, 6.45) is 3.79. The zero-order valence-corrected chi connectivity index (χ0v) is 10.6. The van der Waals surface area contributed by atoms with Crippen molar-refractivity contribution in [3.63, 3.8) is 0 Å². The molecule has 9 nitrogen and oxygen atoms in total. The van der Waals surface area contributed by atoms with E-state index in [4.69, 9.17) is 20.2 Å². The molecule has 3 N–H and O–H groups in total. The van der Waals surface area contributed by atoms with E-state index in [2.05, 4.69) is 20.7 Å². The molecule has 0 aliphatic carbocycles. The summed E-state index contributed by atoms with van der Waals surface area (Å²) in [4.78, 5) is 1.72. The number of nitrogens with zero attached hydrogens (tertiary/aromatic N) is 5. The van der Waals surface area contributed by atoms with Gasteiger partial charge in [0.2, 0.25) is 0 Å². The van der Waals surface area contributed by atoms with Gasteiger partial charge < -0.3 is 19.7 Å². The monoisotopic (exact) mass is 285 g/mol. The van der Waals surface area contributed by atoms with E-state index in [0.29, 0.717) is 24.5 Å². The van der Waals surface area contributed by atoms with E-state index >= 15 is 0 Å². The summed E-state index contributed by atoms with van der Waals surface area (Å²) in [7, 11) is 0. The molecule has 2 aromatic heterocycles. The highest BCUT2D eigenvalue weighted by Crippen LogP contribution is 2.39. The Morgan fingerprint density at radius 2 is 1.89 bits per heavy atom. The lowest BCUT2D eigenvalue weighted by molar-refractivity contribution is 0.284. The molecule has 1 fully saturated rings. The van der Waals surface area contributed by atoms with E-state index in [9.17, 15) is 0 Å². The van der Waals surface area contributed by atoms with Gasteiger partial charge in [0.05, 0.1) is 18.4 Å². The summed E-state index contributed by atoms with van der Waals surface area (Å²) in [5.41, 5.74) is 5.57. The van der Waals surface area contributed by atoms with E-state index in [1.807, 2.05) is 0 Å². The van der Waals surface area contributed by atoms with Crippen LogP contribution in [0, 0.1) is 5.41 Å². The van der Waals surface area contributed by atoms with Crippen molar-refractivity contribution in [3.05, 3.63) is 23.9 Å². The van der Waals surface area contributed by atoms with Crippen molar-refractivity contribution in [3.8, 4) is 0 Å². The number of nitrogens with one attached hydrogen (secondary N) is 1. The van der Waals surface area contributed by atoms with Gasteiger partial charge in [-0.25, -0.2) is 0 Å². The minimum absolute atomic E-state index is 0. The summed E-state index contributed by atoms with van der Waals surface area (Å²) in [6.45, 7) is 0.553. The van der Waals surface area contributed by atoms with Crippen LogP contribution in [0.5, 0.6) is 0 Å². The van der Waals surface area contributed by atoms with Crippen molar-refractivity contribution in [2.45, 2.75) is 18.4 Å². The first-order valence-electron chi connectivity index (χ1n) is 5.41. The first-order chi connectivity index (χ1) is 8.75. The third kappa shape index (κ3) is 2.36. The number of hydrogen-bond donors (Lipinski definition) is 2. The van der Waals surface area contributed by atoms with Gasteiger partial charge in [-0.15, -0.1) is 22.6 Å². The predicted octanol–water partition coefficient (Wildman–Crippen LogP) is 0.298. The molecule has 3 heterocycles. The SMILES string of the molecule is Cl.N=C(N)N1CC(c2cnno2)CC1c1cnno1. The fraction of sp³-hybridized carbons (Fsp3) is 0.444. The number of halogens is 1.